The molecule has 0 bridgehead atoms. The molecule has 1 rings (SSSR count). The normalized spacial score (nSPS) is 9.81. The summed E-state index contributed by atoms with van der Waals surface area (Å²) in [5.74, 6) is 0.706. The second kappa shape index (κ2) is 7.36. The van der Waals surface area contributed by atoms with Crippen molar-refractivity contribution in [2.45, 2.75) is 32.6 Å². The molecule has 0 aliphatic carbocycles. The molecule has 0 saturated carbocycles. The second-order valence-corrected chi connectivity index (χ2v) is 4.68. The Hall–Kier alpha value is -0.932. The Bertz CT molecular complexity index is 371. The first-order valence-corrected chi connectivity index (χ1v) is 6.58. The van der Waals surface area contributed by atoms with Gasteiger partial charge in [-0.1, -0.05) is 0 Å². The molecule has 0 aliphatic rings. The van der Waals surface area contributed by atoms with Gasteiger partial charge in [0.2, 0.25) is 0 Å². The summed E-state index contributed by atoms with van der Waals surface area (Å²) in [6.45, 7) is 2.89. The molecule has 0 amide bonds. The fraction of sp³-hybridized carbons (Fsp3) is 0.462. The van der Waals surface area contributed by atoms with E-state index in [1.54, 1.807) is 0 Å². The monoisotopic (exact) mass is 277 g/mol. The molecule has 0 atom stereocenters. The van der Waals surface area contributed by atoms with Crippen molar-refractivity contribution in [3.63, 3.8) is 0 Å². The molecule has 0 aromatic heterocycles. The van der Waals surface area contributed by atoms with Crippen molar-refractivity contribution in [1.29, 1.82) is 5.26 Å². The van der Waals surface area contributed by atoms with Gasteiger partial charge in [-0.05, 0) is 0 Å². The van der Waals surface area contributed by atoms with Gasteiger partial charge >= 0.3 is 106 Å². The molecule has 3 heteroatoms. The Kier molecular flexibility index (Phi) is 6.04. The van der Waals surface area contributed by atoms with E-state index in [1.165, 1.54) is 19.3 Å². The predicted molar refractivity (Wildman–Crippen MR) is 66.2 cm³/mol. The van der Waals surface area contributed by atoms with Crippen LogP contribution in [0.25, 0.3) is 0 Å². The zero-order valence-corrected chi connectivity index (χ0v) is 11.4. The van der Waals surface area contributed by atoms with Gasteiger partial charge in [0.25, 0.3) is 0 Å². The van der Waals surface area contributed by atoms with E-state index >= 15 is 0 Å². The fourth-order valence-electron chi connectivity index (χ4n) is 1.46. The Morgan fingerprint density at radius 1 is 1.31 bits per heavy atom. The van der Waals surface area contributed by atoms with Crippen LogP contribution in [0.2, 0.25) is 0 Å². The van der Waals surface area contributed by atoms with Crippen LogP contribution in [0.4, 0.5) is 0 Å². The van der Waals surface area contributed by atoms with Crippen molar-refractivity contribution in [3.05, 3.63) is 23.8 Å². The first kappa shape index (κ1) is 13.1. The number of hydrogen-bond donors (Lipinski definition) is 0. The SMILES string of the molecule is CCCCCCOc1cccc([As])c1C#N. The van der Waals surface area contributed by atoms with Crippen LogP contribution in [0.1, 0.15) is 38.2 Å². The summed E-state index contributed by atoms with van der Waals surface area (Å²) in [4.78, 5) is 0. The number of nitrogens with zero attached hydrogens (tertiary/aromatic N) is 1. The summed E-state index contributed by atoms with van der Waals surface area (Å²) >= 11 is 2.40. The van der Waals surface area contributed by atoms with Crippen LogP contribution in [0.3, 0.4) is 0 Å². The van der Waals surface area contributed by atoms with Crippen LogP contribution in [0.5, 0.6) is 5.75 Å². The van der Waals surface area contributed by atoms with Gasteiger partial charge in [-0.25, -0.2) is 0 Å². The molecule has 0 heterocycles. The van der Waals surface area contributed by atoms with Crippen LogP contribution in [-0.2, 0) is 0 Å². The summed E-state index contributed by atoms with van der Waals surface area (Å²) in [5.41, 5.74) is 0.637. The quantitative estimate of drug-likeness (QED) is 0.590. The van der Waals surface area contributed by atoms with E-state index in [2.05, 4.69) is 29.8 Å². The Morgan fingerprint density at radius 2 is 2.12 bits per heavy atom. The van der Waals surface area contributed by atoms with E-state index in [-0.39, 0.29) is 0 Å². The van der Waals surface area contributed by atoms with Crippen molar-refractivity contribution >= 4 is 21.2 Å². The van der Waals surface area contributed by atoms with Crippen molar-refractivity contribution < 1.29 is 4.74 Å². The van der Waals surface area contributed by atoms with Gasteiger partial charge in [0.05, 0.1) is 0 Å². The number of ether oxygens (including phenoxy) is 1. The molecule has 0 unspecified atom stereocenters. The number of benzene rings is 1. The molecule has 0 spiro atoms. The summed E-state index contributed by atoms with van der Waals surface area (Å²) in [6, 6.07) is 7.85. The van der Waals surface area contributed by atoms with Crippen molar-refractivity contribution in [1.82, 2.24) is 0 Å². The van der Waals surface area contributed by atoms with Crippen LogP contribution in [-0.4, -0.2) is 23.5 Å². The molecular weight excluding hydrogens is 261 g/mol. The standard InChI is InChI=1S/C13H16AsNO/c1-2-3-4-5-9-16-13-8-6-7-12(14)11(13)10-15/h6-8H,2-5,9H2,1H3. The predicted octanol–water partition coefficient (Wildman–Crippen LogP) is 2.31. The molecule has 2 nitrogen and oxygen atoms in total. The summed E-state index contributed by atoms with van der Waals surface area (Å²) < 4.78 is 6.54. The van der Waals surface area contributed by atoms with Gasteiger partial charge in [0.15, 0.2) is 0 Å². The van der Waals surface area contributed by atoms with Gasteiger partial charge in [0, 0.05) is 0 Å². The van der Waals surface area contributed by atoms with Crippen LogP contribution >= 0.6 is 0 Å². The van der Waals surface area contributed by atoms with E-state index in [4.69, 9.17) is 10.00 Å². The van der Waals surface area contributed by atoms with E-state index in [0.29, 0.717) is 17.9 Å². The third-order valence-corrected chi connectivity index (χ3v) is 3.15. The average Bonchev–Trinajstić information content (AvgIpc) is 2.29. The molecule has 0 aliphatic heterocycles. The summed E-state index contributed by atoms with van der Waals surface area (Å²) in [7, 11) is 0. The van der Waals surface area contributed by atoms with E-state index in [0.717, 1.165) is 10.8 Å². The minimum absolute atomic E-state index is 0.637. The Labute approximate surface area is 106 Å². The molecule has 0 N–H and O–H groups in total. The van der Waals surface area contributed by atoms with Gasteiger partial charge in [-0.15, -0.1) is 0 Å². The zero-order valence-electron chi connectivity index (χ0n) is 9.57. The Morgan fingerprint density at radius 3 is 2.81 bits per heavy atom. The summed E-state index contributed by atoms with van der Waals surface area (Å²) in [5, 5.41) is 9.00. The molecule has 0 saturated heterocycles. The minimum atomic E-state index is 0.637. The number of hydrogen-bond acceptors (Lipinski definition) is 2. The maximum atomic E-state index is 9.00. The molecule has 1 aromatic carbocycles. The van der Waals surface area contributed by atoms with E-state index in [9.17, 15) is 0 Å². The van der Waals surface area contributed by atoms with Gasteiger partial charge in [-0.2, -0.15) is 0 Å². The number of nitriles is 1. The Balaban J connectivity index is 2.48. The number of unbranched alkanes of at least 4 members (excludes halogenated alkanes) is 3. The van der Waals surface area contributed by atoms with Crippen LogP contribution in [0.15, 0.2) is 18.2 Å². The molecule has 0 fully saturated rings. The third kappa shape index (κ3) is 3.91. The van der Waals surface area contributed by atoms with Crippen LogP contribution in [0, 0.1) is 11.3 Å². The first-order chi connectivity index (χ1) is 7.79. The topological polar surface area (TPSA) is 33.0 Å². The average molecular weight is 277 g/mol. The van der Waals surface area contributed by atoms with Crippen LogP contribution < -0.4 is 9.09 Å². The number of rotatable bonds is 6. The molecule has 84 valence electrons. The van der Waals surface area contributed by atoms with Crippen molar-refractivity contribution in [2.75, 3.05) is 6.61 Å². The van der Waals surface area contributed by atoms with E-state index in [1.807, 2.05) is 18.2 Å². The van der Waals surface area contributed by atoms with Crippen molar-refractivity contribution in [2.24, 2.45) is 0 Å². The fourth-order valence-corrected chi connectivity index (χ4v) is 1.98. The molecular formula is C13H16AsNO. The molecule has 16 heavy (non-hydrogen) atoms. The van der Waals surface area contributed by atoms with Gasteiger partial charge < -0.3 is 0 Å². The summed E-state index contributed by atoms with van der Waals surface area (Å²) in [6.07, 6.45) is 4.73. The first-order valence-electron chi connectivity index (χ1n) is 5.64. The van der Waals surface area contributed by atoms with Gasteiger partial charge in [0.1, 0.15) is 0 Å². The van der Waals surface area contributed by atoms with E-state index < -0.39 is 0 Å². The molecule has 1 aromatic rings. The molecule has 2 radical (unpaired) electrons. The maximum absolute atomic E-state index is 9.00. The van der Waals surface area contributed by atoms with Gasteiger partial charge in [-0.3, -0.25) is 0 Å². The zero-order chi connectivity index (χ0) is 11.8. The third-order valence-electron chi connectivity index (χ3n) is 2.37. The van der Waals surface area contributed by atoms with Crippen molar-refractivity contribution in [3.8, 4) is 11.8 Å². The second-order valence-electron chi connectivity index (χ2n) is 3.67.